The van der Waals surface area contributed by atoms with Crippen LogP contribution in [0, 0.1) is 0 Å². The van der Waals surface area contributed by atoms with E-state index in [-0.39, 0.29) is 11.6 Å². The third-order valence-corrected chi connectivity index (χ3v) is 2.68. The Balaban J connectivity index is 2.37. The Morgan fingerprint density at radius 2 is 2.10 bits per heavy atom. The Morgan fingerprint density at radius 3 is 2.71 bits per heavy atom. The molecule has 0 atom stereocenters. The molecule has 0 unspecified atom stereocenters. The number of imidazole rings is 1. The molecule has 0 spiro atoms. The molecule has 0 aromatic carbocycles. The van der Waals surface area contributed by atoms with Crippen molar-refractivity contribution >= 4 is 5.97 Å². The molecule has 0 aliphatic heterocycles. The van der Waals surface area contributed by atoms with Gasteiger partial charge in [-0.05, 0) is 0 Å². The third kappa shape index (κ3) is 3.54. The summed E-state index contributed by atoms with van der Waals surface area (Å²) in [4.78, 5) is 24.1. The molecule has 0 bridgehead atoms. The first kappa shape index (κ1) is 14.9. The van der Waals surface area contributed by atoms with E-state index in [2.05, 4.69) is 19.7 Å². The minimum absolute atomic E-state index is 0.121. The first-order valence-electron chi connectivity index (χ1n) is 6.21. The second kappa shape index (κ2) is 6.80. The lowest BCUT2D eigenvalue weighted by molar-refractivity contribution is 0.0593. The highest BCUT2D eigenvalue weighted by Gasteiger charge is 2.15. The van der Waals surface area contributed by atoms with Crippen LogP contribution in [0.2, 0.25) is 0 Å². The standard InChI is InChI=1S/C13H16N4O4/c1-17-8-14-7-10(17)12-15-9(13(18)20-3)6-11(16-12)21-5-4-19-2/h6-8H,4-5H2,1-3H3. The summed E-state index contributed by atoms with van der Waals surface area (Å²) >= 11 is 0. The summed E-state index contributed by atoms with van der Waals surface area (Å²) in [5, 5.41) is 0. The van der Waals surface area contributed by atoms with E-state index in [0.29, 0.717) is 24.7 Å². The monoisotopic (exact) mass is 292 g/mol. The molecule has 2 rings (SSSR count). The van der Waals surface area contributed by atoms with Crippen LogP contribution in [-0.2, 0) is 16.5 Å². The fraction of sp³-hybridized carbons (Fsp3) is 0.385. The molecule has 21 heavy (non-hydrogen) atoms. The van der Waals surface area contributed by atoms with E-state index in [1.165, 1.54) is 13.2 Å². The van der Waals surface area contributed by atoms with Crippen molar-refractivity contribution in [3.8, 4) is 17.4 Å². The number of hydrogen-bond donors (Lipinski definition) is 0. The molecule has 0 aliphatic carbocycles. The average molecular weight is 292 g/mol. The Morgan fingerprint density at radius 1 is 1.29 bits per heavy atom. The van der Waals surface area contributed by atoms with Crippen molar-refractivity contribution in [1.82, 2.24) is 19.5 Å². The molecule has 0 aliphatic rings. The zero-order valence-corrected chi connectivity index (χ0v) is 12.1. The molecule has 112 valence electrons. The number of ether oxygens (including phenoxy) is 3. The number of esters is 1. The van der Waals surface area contributed by atoms with Crippen molar-refractivity contribution in [3.63, 3.8) is 0 Å². The first-order chi connectivity index (χ1) is 10.2. The lowest BCUT2D eigenvalue weighted by Crippen LogP contribution is -2.11. The van der Waals surface area contributed by atoms with E-state index < -0.39 is 5.97 Å². The van der Waals surface area contributed by atoms with Gasteiger partial charge in [0, 0.05) is 20.2 Å². The number of nitrogens with zero attached hydrogens (tertiary/aromatic N) is 4. The Bertz CT molecular complexity index is 626. The zero-order chi connectivity index (χ0) is 15.2. The molecule has 2 heterocycles. The Labute approximate surface area is 121 Å². The van der Waals surface area contributed by atoms with E-state index in [0.717, 1.165) is 0 Å². The third-order valence-electron chi connectivity index (χ3n) is 2.68. The summed E-state index contributed by atoms with van der Waals surface area (Å²) in [5.74, 6) is 0.0568. The average Bonchev–Trinajstić information content (AvgIpc) is 2.92. The summed E-state index contributed by atoms with van der Waals surface area (Å²) < 4.78 is 16.8. The number of methoxy groups -OCH3 is 2. The van der Waals surface area contributed by atoms with Crippen LogP contribution in [-0.4, -0.2) is 52.9 Å². The van der Waals surface area contributed by atoms with Crippen molar-refractivity contribution in [2.24, 2.45) is 7.05 Å². The van der Waals surface area contributed by atoms with Crippen molar-refractivity contribution in [1.29, 1.82) is 0 Å². The van der Waals surface area contributed by atoms with Crippen LogP contribution in [0.4, 0.5) is 0 Å². The van der Waals surface area contributed by atoms with Crippen LogP contribution in [0.25, 0.3) is 11.5 Å². The van der Waals surface area contributed by atoms with E-state index >= 15 is 0 Å². The van der Waals surface area contributed by atoms with Crippen LogP contribution < -0.4 is 4.74 Å². The van der Waals surface area contributed by atoms with Gasteiger partial charge in [0.2, 0.25) is 5.88 Å². The fourth-order valence-corrected chi connectivity index (χ4v) is 1.62. The van der Waals surface area contributed by atoms with E-state index in [9.17, 15) is 4.79 Å². The Hall–Kier alpha value is -2.48. The second-order valence-electron chi connectivity index (χ2n) is 4.14. The molecule has 0 amide bonds. The number of aromatic nitrogens is 4. The molecule has 2 aromatic rings. The van der Waals surface area contributed by atoms with Gasteiger partial charge in [0.15, 0.2) is 11.5 Å². The number of carbonyl (C=O) groups is 1. The van der Waals surface area contributed by atoms with Crippen LogP contribution in [0.5, 0.6) is 5.88 Å². The van der Waals surface area contributed by atoms with Gasteiger partial charge in [0.1, 0.15) is 12.3 Å². The SMILES string of the molecule is COCCOc1cc(C(=O)OC)nc(-c2cncn2C)n1. The molecule has 0 saturated heterocycles. The molecule has 0 radical (unpaired) electrons. The van der Waals surface area contributed by atoms with Crippen LogP contribution in [0.1, 0.15) is 10.5 Å². The maximum atomic E-state index is 11.7. The topological polar surface area (TPSA) is 88.4 Å². The van der Waals surface area contributed by atoms with Gasteiger partial charge in [-0.2, -0.15) is 4.98 Å². The molecular weight excluding hydrogens is 276 g/mol. The van der Waals surface area contributed by atoms with Crippen molar-refractivity contribution < 1.29 is 19.0 Å². The minimum Gasteiger partial charge on any atom is -0.475 e. The highest BCUT2D eigenvalue weighted by atomic mass is 16.5. The normalized spacial score (nSPS) is 10.4. The summed E-state index contributed by atoms with van der Waals surface area (Å²) in [6.45, 7) is 0.734. The number of carbonyl (C=O) groups excluding carboxylic acids is 1. The van der Waals surface area contributed by atoms with Crippen LogP contribution >= 0.6 is 0 Å². The van der Waals surface area contributed by atoms with Gasteiger partial charge in [-0.25, -0.2) is 14.8 Å². The highest BCUT2D eigenvalue weighted by molar-refractivity contribution is 5.87. The maximum absolute atomic E-state index is 11.7. The molecular formula is C13H16N4O4. The fourth-order valence-electron chi connectivity index (χ4n) is 1.62. The smallest absolute Gasteiger partial charge is 0.356 e. The van der Waals surface area contributed by atoms with Crippen molar-refractivity contribution in [3.05, 3.63) is 24.3 Å². The molecule has 2 aromatic heterocycles. The summed E-state index contributed by atoms with van der Waals surface area (Å²) in [5.41, 5.74) is 0.786. The minimum atomic E-state index is -0.558. The second-order valence-corrected chi connectivity index (χ2v) is 4.14. The molecule has 0 saturated carbocycles. The molecule has 8 heteroatoms. The summed E-state index contributed by atoms with van der Waals surface area (Å²) in [7, 11) is 4.67. The molecule has 0 fully saturated rings. The van der Waals surface area contributed by atoms with Gasteiger partial charge < -0.3 is 18.8 Å². The van der Waals surface area contributed by atoms with E-state index in [1.54, 1.807) is 24.2 Å². The van der Waals surface area contributed by atoms with Gasteiger partial charge in [-0.1, -0.05) is 0 Å². The Kier molecular flexibility index (Phi) is 4.83. The van der Waals surface area contributed by atoms with Gasteiger partial charge in [0.25, 0.3) is 0 Å². The van der Waals surface area contributed by atoms with Crippen LogP contribution in [0.15, 0.2) is 18.6 Å². The van der Waals surface area contributed by atoms with Gasteiger partial charge in [-0.15, -0.1) is 0 Å². The number of aryl methyl sites for hydroxylation is 1. The van der Waals surface area contributed by atoms with Crippen LogP contribution in [0.3, 0.4) is 0 Å². The predicted octanol–water partition coefficient (Wildman–Crippen LogP) is 0.689. The van der Waals surface area contributed by atoms with Gasteiger partial charge >= 0.3 is 5.97 Å². The zero-order valence-electron chi connectivity index (χ0n) is 12.1. The lowest BCUT2D eigenvalue weighted by atomic mass is 10.3. The van der Waals surface area contributed by atoms with E-state index in [4.69, 9.17) is 9.47 Å². The lowest BCUT2D eigenvalue weighted by Gasteiger charge is -2.08. The highest BCUT2D eigenvalue weighted by Crippen LogP contribution is 2.18. The molecule has 8 nitrogen and oxygen atoms in total. The largest absolute Gasteiger partial charge is 0.475 e. The molecule has 0 N–H and O–H groups in total. The van der Waals surface area contributed by atoms with Gasteiger partial charge in [0.05, 0.1) is 26.2 Å². The van der Waals surface area contributed by atoms with Gasteiger partial charge in [-0.3, -0.25) is 0 Å². The first-order valence-corrected chi connectivity index (χ1v) is 6.21. The van der Waals surface area contributed by atoms with E-state index in [1.807, 2.05) is 7.05 Å². The van der Waals surface area contributed by atoms with Crippen molar-refractivity contribution in [2.75, 3.05) is 27.4 Å². The number of rotatable bonds is 6. The summed E-state index contributed by atoms with van der Waals surface area (Å²) in [6.07, 6.45) is 3.23. The number of hydrogen-bond acceptors (Lipinski definition) is 7. The predicted molar refractivity (Wildman–Crippen MR) is 72.9 cm³/mol. The van der Waals surface area contributed by atoms with Crippen molar-refractivity contribution in [2.45, 2.75) is 0 Å². The maximum Gasteiger partial charge on any atom is 0.356 e. The summed E-state index contributed by atoms with van der Waals surface area (Å²) in [6, 6.07) is 1.43. The quantitative estimate of drug-likeness (QED) is 0.571.